The van der Waals surface area contributed by atoms with E-state index in [1.54, 1.807) is 12.3 Å². The van der Waals surface area contributed by atoms with E-state index in [1.807, 2.05) is 18.4 Å². The molecule has 3 aromatic rings. The maximum absolute atomic E-state index is 5.80. The average Bonchev–Trinajstić information content (AvgIpc) is 2.97. The molecular weight excluding hydrogens is 238 g/mol. The average molecular weight is 247 g/mol. The van der Waals surface area contributed by atoms with Crippen LogP contribution in [0.5, 0.6) is 0 Å². The number of nitrogens with zero attached hydrogens (tertiary/aromatic N) is 2. The van der Waals surface area contributed by atoms with Crippen LogP contribution in [0.1, 0.15) is 5.76 Å². The minimum Gasteiger partial charge on any atom is -0.469 e. The van der Waals surface area contributed by atoms with Crippen LogP contribution in [0, 0.1) is 6.92 Å². The van der Waals surface area contributed by atoms with Crippen molar-refractivity contribution in [1.82, 2.24) is 10.1 Å². The molecule has 6 heteroatoms. The van der Waals surface area contributed by atoms with E-state index in [2.05, 4.69) is 10.1 Å². The highest BCUT2D eigenvalue weighted by Crippen LogP contribution is 2.31. The Labute approximate surface area is 101 Å². The lowest BCUT2D eigenvalue weighted by molar-refractivity contribution is 0.432. The highest BCUT2D eigenvalue weighted by molar-refractivity contribution is 7.14. The van der Waals surface area contributed by atoms with Gasteiger partial charge in [0.25, 0.3) is 5.89 Å². The van der Waals surface area contributed by atoms with Gasteiger partial charge in [0.1, 0.15) is 5.76 Å². The van der Waals surface area contributed by atoms with Crippen molar-refractivity contribution in [2.24, 2.45) is 0 Å². The van der Waals surface area contributed by atoms with Crippen molar-refractivity contribution >= 4 is 16.3 Å². The first-order chi connectivity index (χ1) is 8.25. The summed E-state index contributed by atoms with van der Waals surface area (Å²) in [5, 5.41) is 6.48. The number of thiophene rings is 1. The van der Waals surface area contributed by atoms with Crippen LogP contribution >= 0.6 is 11.3 Å². The SMILES string of the molecule is Cc1occc1-c1noc(-c2ccsc2N)n1. The zero-order chi connectivity index (χ0) is 11.8. The van der Waals surface area contributed by atoms with Gasteiger partial charge in [-0.3, -0.25) is 0 Å². The molecule has 17 heavy (non-hydrogen) atoms. The Morgan fingerprint density at radius 1 is 1.29 bits per heavy atom. The van der Waals surface area contributed by atoms with Gasteiger partial charge in [-0.2, -0.15) is 4.98 Å². The topological polar surface area (TPSA) is 78.1 Å². The van der Waals surface area contributed by atoms with Crippen LogP contribution in [-0.4, -0.2) is 10.1 Å². The molecule has 2 N–H and O–H groups in total. The van der Waals surface area contributed by atoms with Crippen molar-refractivity contribution in [3.8, 4) is 22.8 Å². The molecule has 3 rings (SSSR count). The smallest absolute Gasteiger partial charge is 0.261 e. The van der Waals surface area contributed by atoms with Crippen molar-refractivity contribution in [1.29, 1.82) is 0 Å². The molecule has 3 heterocycles. The van der Waals surface area contributed by atoms with Gasteiger partial charge in [0.05, 0.1) is 22.4 Å². The van der Waals surface area contributed by atoms with Crippen LogP contribution in [0.4, 0.5) is 5.00 Å². The number of aromatic nitrogens is 2. The first kappa shape index (κ1) is 10.1. The van der Waals surface area contributed by atoms with Gasteiger partial charge in [0, 0.05) is 0 Å². The quantitative estimate of drug-likeness (QED) is 0.753. The number of nitrogens with two attached hydrogens (primary N) is 1. The molecule has 0 atom stereocenters. The highest BCUT2D eigenvalue weighted by Gasteiger charge is 2.15. The van der Waals surface area contributed by atoms with Crippen LogP contribution in [0.25, 0.3) is 22.8 Å². The Kier molecular flexibility index (Phi) is 2.22. The predicted octanol–water partition coefficient (Wildman–Crippen LogP) is 2.95. The van der Waals surface area contributed by atoms with E-state index < -0.39 is 0 Å². The summed E-state index contributed by atoms with van der Waals surface area (Å²) in [5.74, 6) is 1.70. The van der Waals surface area contributed by atoms with Crippen molar-refractivity contribution in [3.63, 3.8) is 0 Å². The summed E-state index contributed by atoms with van der Waals surface area (Å²) in [5.41, 5.74) is 7.40. The minimum atomic E-state index is 0.430. The number of nitrogen functional groups attached to an aromatic ring is 1. The monoisotopic (exact) mass is 247 g/mol. The molecule has 0 aliphatic rings. The molecule has 3 aromatic heterocycles. The highest BCUT2D eigenvalue weighted by atomic mass is 32.1. The van der Waals surface area contributed by atoms with Crippen molar-refractivity contribution in [3.05, 3.63) is 29.5 Å². The van der Waals surface area contributed by atoms with Crippen LogP contribution in [-0.2, 0) is 0 Å². The second kappa shape index (κ2) is 3.74. The molecule has 86 valence electrons. The summed E-state index contributed by atoms with van der Waals surface area (Å²) >= 11 is 1.44. The normalized spacial score (nSPS) is 10.9. The van der Waals surface area contributed by atoms with Crippen molar-refractivity contribution in [2.75, 3.05) is 5.73 Å². The lowest BCUT2D eigenvalue weighted by atomic mass is 10.2. The summed E-state index contributed by atoms with van der Waals surface area (Å²) in [6.07, 6.45) is 1.60. The van der Waals surface area contributed by atoms with Crippen LogP contribution in [0.15, 0.2) is 32.7 Å². The molecule has 0 saturated carbocycles. The largest absolute Gasteiger partial charge is 0.469 e. The first-order valence-electron chi connectivity index (χ1n) is 4.97. The molecule has 0 aliphatic carbocycles. The van der Waals surface area contributed by atoms with Crippen LogP contribution in [0.2, 0.25) is 0 Å². The van der Waals surface area contributed by atoms with Gasteiger partial charge >= 0.3 is 0 Å². The van der Waals surface area contributed by atoms with Gasteiger partial charge in [-0.1, -0.05) is 5.16 Å². The first-order valence-corrected chi connectivity index (χ1v) is 5.85. The fourth-order valence-corrected chi connectivity index (χ4v) is 2.19. The summed E-state index contributed by atoms with van der Waals surface area (Å²) < 4.78 is 10.4. The van der Waals surface area contributed by atoms with E-state index in [0.717, 1.165) is 16.9 Å². The zero-order valence-electron chi connectivity index (χ0n) is 9.01. The lowest BCUT2D eigenvalue weighted by Gasteiger charge is -1.89. The Morgan fingerprint density at radius 3 is 2.82 bits per heavy atom. The molecule has 0 fully saturated rings. The number of rotatable bonds is 2. The Balaban J connectivity index is 2.05. The van der Waals surface area contributed by atoms with E-state index in [9.17, 15) is 0 Å². The van der Waals surface area contributed by atoms with Crippen molar-refractivity contribution < 1.29 is 8.94 Å². The number of anilines is 1. The van der Waals surface area contributed by atoms with E-state index in [1.165, 1.54) is 11.3 Å². The lowest BCUT2D eigenvalue weighted by Crippen LogP contribution is -1.84. The van der Waals surface area contributed by atoms with Gasteiger partial charge in [-0.25, -0.2) is 0 Å². The zero-order valence-corrected chi connectivity index (χ0v) is 9.82. The summed E-state index contributed by atoms with van der Waals surface area (Å²) in [6, 6.07) is 3.67. The molecule has 0 radical (unpaired) electrons. The molecule has 5 nitrogen and oxygen atoms in total. The molecule has 0 bridgehead atoms. The van der Waals surface area contributed by atoms with E-state index in [4.69, 9.17) is 14.7 Å². The van der Waals surface area contributed by atoms with Gasteiger partial charge in [-0.15, -0.1) is 11.3 Å². The molecule has 0 aromatic carbocycles. The molecule has 0 saturated heterocycles. The maximum atomic E-state index is 5.80. The summed E-state index contributed by atoms with van der Waals surface area (Å²) in [7, 11) is 0. The molecule has 0 unspecified atom stereocenters. The number of hydrogen-bond acceptors (Lipinski definition) is 6. The van der Waals surface area contributed by atoms with Crippen LogP contribution in [0.3, 0.4) is 0 Å². The standard InChI is InChI=1S/C11H9N3O2S/c1-6-7(2-4-15-6)10-13-11(16-14-10)8-3-5-17-9(8)12/h2-5H,12H2,1H3. The number of furan rings is 1. The second-order valence-electron chi connectivity index (χ2n) is 3.51. The minimum absolute atomic E-state index is 0.430. The fourth-order valence-electron chi connectivity index (χ4n) is 1.56. The summed E-state index contributed by atoms with van der Waals surface area (Å²) in [4.78, 5) is 4.31. The second-order valence-corrected chi connectivity index (χ2v) is 4.46. The number of aryl methyl sites for hydroxylation is 1. The molecule has 0 spiro atoms. The van der Waals surface area contributed by atoms with Gasteiger partial charge in [0.15, 0.2) is 0 Å². The molecule has 0 amide bonds. The molecular formula is C11H9N3O2S. The Bertz CT molecular complexity index is 598. The fraction of sp³-hybridized carbons (Fsp3) is 0.0909. The third kappa shape index (κ3) is 1.62. The van der Waals surface area contributed by atoms with E-state index >= 15 is 0 Å². The summed E-state index contributed by atoms with van der Waals surface area (Å²) in [6.45, 7) is 1.85. The van der Waals surface area contributed by atoms with Gasteiger partial charge in [-0.05, 0) is 24.4 Å². The predicted molar refractivity (Wildman–Crippen MR) is 64.5 cm³/mol. The van der Waals surface area contributed by atoms with E-state index in [0.29, 0.717) is 16.7 Å². The maximum Gasteiger partial charge on any atom is 0.261 e. The van der Waals surface area contributed by atoms with Gasteiger partial charge in [0.2, 0.25) is 5.82 Å². The third-order valence-corrected chi connectivity index (χ3v) is 3.20. The Hall–Kier alpha value is -2.08. The van der Waals surface area contributed by atoms with Crippen LogP contribution < -0.4 is 5.73 Å². The van der Waals surface area contributed by atoms with Gasteiger partial charge < -0.3 is 14.7 Å². The third-order valence-electron chi connectivity index (χ3n) is 2.45. The van der Waals surface area contributed by atoms with Crippen molar-refractivity contribution in [2.45, 2.75) is 6.92 Å². The Morgan fingerprint density at radius 2 is 2.18 bits per heavy atom. The number of hydrogen-bond donors (Lipinski definition) is 1. The molecule has 0 aliphatic heterocycles. The van der Waals surface area contributed by atoms with E-state index in [-0.39, 0.29) is 0 Å².